The summed E-state index contributed by atoms with van der Waals surface area (Å²) in [6.45, 7) is 0. The molecule has 0 aliphatic carbocycles. The van der Waals surface area contributed by atoms with Crippen LogP contribution in [0, 0.1) is 11.6 Å². The van der Waals surface area contributed by atoms with E-state index in [0.29, 0.717) is 33.7 Å². The van der Waals surface area contributed by atoms with E-state index in [0.717, 1.165) is 27.5 Å². The van der Waals surface area contributed by atoms with E-state index in [4.69, 9.17) is 19.2 Å². The van der Waals surface area contributed by atoms with Crippen LogP contribution >= 0.6 is 0 Å². The molecule has 5 rings (SSSR count). The van der Waals surface area contributed by atoms with E-state index in [1.807, 2.05) is 30.3 Å². The van der Waals surface area contributed by atoms with E-state index in [1.165, 1.54) is 27.4 Å². The molecule has 0 amide bonds. The molecule has 186 valence electrons. The fourth-order valence-corrected chi connectivity index (χ4v) is 4.24. The minimum Gasteiger partial charge on any atom is -0.496 e. The summed E-state index contributed by atoms with van der Waals surface area (Å²) in [5.41, 5.74) is 0.452. The van der Waals surface area contributed by atoms with Gasteiger partial charge in [0.2, 0.25) is 0 Å². The molecule has 0 aliphatic heterocycles. The maximum Gasteiger partial charge on any atom is 0.266 e. The van der Waals surface area contributed by atoms with Gasteiger partial charge in [-0.15, -0.1) is 0 Å². The predicted octanol–water partition coefficient (Wildman–Crippen LogP) is 6.01. The van der Waals surface area contributed by atoms with Crippen LogP contribution in [0.1, 0.15) is 11.4 Å². The van der Waals surface area contributed by atoms with Gasteiger partial charge in [-0.3, -0.25) is 9.36 Å². The van der Waals surface area contributed by atoms with Gasteiger partial charge < -0.3 is 14.2 Å². The molecule has 0 atom stereocenters. The fourth-order valence-electron chi connectivity index (χ4n) is 4.24. The van der Waals surface area contributed by atoms with Crippen molar-refractivity contribution in [3.63, 3.8) is 0 Å². The van der Waals surface area contributed by atoms with E-state index < -0.39 is 17.2 Å². The Morgan fingerprint density at radius 2 is 1.46 bits per heavy atom. The van der Waals surface area contributed by atoms with Crippen LogP contribution in [0.3, 0.4) is 0 Å². The van der Waals surface area contributed by atoms with Crippen LogP contribution < -0.4 is 19.8 Å². The van der Waals surface area contributed by atoms with Gasteiger partial charge in [-0.25, -0.2) is 13.8 Å². The zero-order valence-corrected chi connectivity index (χ0v) is 20.3. The topological polar surface area (TPSA) is 62.6 Å². The maximum atomic E-state index is 14.9. The molecule has 37 heavy (non-hydrogen) atoms. The third-order valence-electron chi connectivity index (χ3n) is 6.06. The number of halogens is 2. The van der Waals surface area contributed by atoms with Crippen molar-refractivity contribution in [3.05, 3.63) is 100 Å². The summed E-state index contributed by atoms with van der Waals surface area (Å²) < 4.78 is 46.0. The normalized spacial score (nSPS) is 11.4. The number of ether oxygens (including phenoxy) is 3. The highest BCUT2D eigenvalue weighted by Gasteiger charge is 2.17. The number of hydrogen-bond donors (Lipinski definition) is 0. The fraction of sp³-hybridized carbons (Fsp3) is 0.103. The average molecular weight is 501 g/mol. The number of rotatable bonds is 6. The van der Waals surface area contributed by atoms with Crippen molar-refractivity contribution in [2.24, 2.45) is 0 Å². The lowest BCUT2D eigenvalue weighted by atomic mass is 10.1. The lowest BCUT2D eigenvalue weighted by Crippen LogP contribution is -2.23. The average Bonchev–Trinajstić information content (AvgIpc) is 2.91. The van der Waals surface area contributed by atoms with Crippen molar-refractivity contribution in [1.29, 1.82) is 0 Å². The molecule has 5 aromatic rings. The van der Waals surface area contributed by atoms with E-state index in [2.05, 4.69) is 0 Å². The summed E-state index contributed by atoms with van der Waals surface area (Å²) in [6, 6.07) is 17.5. The minimum absolute atomic E-state index is 0.118. The Bertz CT molecular complexity index is 1740. The first kappa shape index (κ1) is 24.0. The lowest BCUT2D eigenvalue weighted by Gasteiger charge is -2.14. The third kappa shape index (κ3) is 4.38. The molecule has 0 N–H and O–H groups in total. The van der Waals surface area contributed by atoms with Gasteiger partial charge >= 0.3 is 0 Å². The monoisotopic (exact) mass is 500 g/mol. The molecule has 6 nitrogen and oxygen atoms in total. The van der Waals surface area contributed by atoms with Gasteiger partial charge in [0, 0.05) is 17.7 Å². The second-order valence-electron chi connectivity index (χ2n) is 8.21. The Kier molecular flexibility index (Phi) is 6.31. The summed E-state index contributed by atoms with van der Waals surface area (Å²) in [7, 11) is 4.55. The molecule has 0 saturated heterocycles. The van der Waals surface area contributed by atoms with E-state index in [1.54, 1.807) is 30.4 Å². The van der Waals surface area contributed by atoms with Gasteiger partial charge in [0.15, 0.2) is 11.5 Å². The Balaban J connectivity index is 1.78. The Morgan fingerprint density at radius 1 is 0.784 bits per heavy atom. The first-order valence-corrected chi connectivity index (χ1v) is 11.3. The van der Waals surface area contributed by atoms with Crippen LogP contribution in [0.4, 0.5) is 8.78 Å². The molecule has 0 bridgehead atoms. The van der Waals surface area contributed by atoms with Crippen LogP contribution in [-0.4, -0.2) is 30.9 Å². The molecular weight excluding hydrogens is 478 g/mol. The quantitative estimate of drug-likeness (QED) is 0.267. The highest BCUT2D eigenvalue weighted by molar-refractivity contribution is 5.96. The highest BCUT2D eigenvalue weighted by atomic mass is 19.1. The van der Waals surface area contributed by atoms with Gasteiger partial charge in [0.1, 0.15) is 23.2 Å². The first-order chi connectivity index (χ1) is 17.9. The molecule has 4 aromatic carbocycles. The molecule has 8 heteroatoms. The Labute approximate surface area is 211 Å². The van der Waals surface area contributed by atoms with Crippen molar-refractivity contribution in [2.75, 3.05) is 21.3 Å². The molecule has 0 saturated carbocycles. The molecule has 1 aromatic heterocycles. The Hall–Kier alpha value is -4.72. The summed E-state index contributed by atoms with van der Waals surface area (Å²) in [5, 5.41) is 2.06. The number of methoxy groups -OCH3 is 3. The zero-order chi connectivity index (χ0) is 26.1. The molecule has 0 spiro atoms. The van der Waals surface area contributed by atoms with E-state index in [-0.39, 0.29) is 11.5 Å². The van der Waals surface area contributed by atoms with E-state index in [9.17, 15) is 13.6 Å². The SMILES string of the molecule is COc1cc(OC)c(OC)cc1C=Cc1nc2cc3ccccc3cc2c(=O)n1-c1ccc(F)cc1F. The van der Waals surface area contributed by atoms with Crippen LogP contribution in [-0.2, 0) is 0 Å². The summed E-state index contributed by atoms with van der Waals surface area (Å²) >= 11 is 0. The summed E-state index contributed by atoms with van der Waals surface area (Å²) in [6.07, 6.45) is 3.25. The second kappa shape index (κ2) is 9.73. The highest BCUT2D eigenvalue weighted by Crippen LogP contribution is 2.35. The smallest absolute Gasteiger partial charge is 0.266 e. The first-order valence-electron chi connectivity index (χ1n) is 11.3. The zero-order valence-electron chi connectivity index (χ0n) is 20.3. The van der Waals surface area contributed by atoms with E-state index >= 15 is 0 Å². The standard InChI is InChI=1S/C29H22F2N2O4/c1-35-25-16-27(37-3)26(36-2)14-19(25)8-11-28-32-23-13-18-7-5-4-6-17(18)12-21(23)29(34)33(28)24-10-9-20(30)15-22(24)31/h4-16H,1-3H3. The van der Waals surface area contributed by atoms with Gasteiger partial charge in [-0.2, -0.15) is 0 Å². The van der Waals surface area contributed by atoms with Crippen LogP contribution in [0.15, 0.2) is 71.5 Å². The number of aromatic nitrogens is 2. The number of benzene rings is 4. The van der Waals surface area contributed by atoms with Crippen molar-refractivity contribution in [2.45, 2.75) is 0 Å². The molecular formula is C29H22F2N2O4. The molecule has 0 unspecified atom stereocenters. The van der Waals surface area contributed by atoms with Crippen molar-refractivity contribution in [3.8, 4) is 22.9 Å². The van der Waals surface area contributed by atoms with Crippen LogP contribution in [0.25, 0.3) is 39.5 Å². The van der Waals surface area contributed by atoms with Crippen LogP contribution in [0.5, 0.6) is 17.2 Å². The lowest BCUT2D eigenvalue weighted by molar-refractivity contribution is 0.348. The molecule has 0 fully saturated rings. The summed E-state index contributed by atoms with van der Waals surface area (Å²) in [4.78, 5) is 18.4. The van der Waals surface area contributed by atoms with Gasteiger partial charge in [-0.05, 0) is 53.3 Å². The molecule has 0 radical (unpaired) electrons. The minimum atomic E-state index is -0.887. The second-order valence-corrected chi connectivity index (χ2v) is 8.21. The largest absolute Gasteiger partial charge is 0.496 e. The summed E-state index contributed by atoms with van der Waals surface area (Å²) in [5.74, 6) is -0.0402. The van der Waals surface area contributed by atoms with Crippen molar-refractivity contribution in [1.82, 2.24) is 9.55 Å². The maximum absolute atomic E-state index is 14.9. The number of hydrogen-bond acceptors (Lipinski definition) is 5. The molecule has 0 aliphatic rings. The van der Waals surface area contributed by atoms with Gasteiger partial charge in [0.05, 0.1) is 37.9 Å². The number of nitrogens with zero attached hydrogens (tertiary/aromatic N) is 2. The van der Waals surface area contributed by atoms with Gasteiger partial charge in [0.25, 0.3) is 5.56 Å². The molecule has 1 heterocycles. The van der Waals surface area contributed by atoms with Crippen molar-refractivity contribution < 1.29 is 23.0 Å². The predicted molar refractivity (Wildman–Crippen MR) is 140 cm³/mol. The van der Waals surface area contributed by atoms with Crippen LogP contribution in [0.2, 0.25) is 0 Å². The Morgan fingerprint density at radius 3 is 2.14 bits per heavy atom. The third-order valence-corrected chi connectivity index (χ3v) is 6.06. The number of fused-ring (bicyclic) bond motifs is 2. The van der Waals surface area contributed by atoms with Gasteiger partial charge in [-0.1, -0.05) is 24.3 Å². The van der Waals surface area contributed by atoms with Crippen molar-refractivity contribution >= 4 is 33.8 Å².